The van der Waals surface area contributed by atoms with Crippen LogP contribution in [0.5, 0.6) is 0 Å². The number of aliphatic carboxylic acids is 2. The first-order valence-corrected chi connectivity index (χ1v) is 2.20. The minimum absolute atomic E-state index is 0. The summed E-state index contributed by atoms with van der Waals surface area (Å²) in [5.41, 5.74) is 0. The van der Waals surface area contributed by atoms with Crippen LogP contribution >= 0.6 is 12.4 Å². The monoisotopic (exact) mass is 230 g/mol. The quantitative estimate of drug-likeness (QED) is 0.394. The van der Waals surface area contributed by atoms with Gasteiger partial charge >= 0.3 is 49.7 Å². The molecule has 6 nitrogen and oxygen atoms in total. The Bertz CT molecular complexity index is 104. The van der Waals surface area contributed by atoms with Crippen molar-refractivity contribution in [1.29, 1.82) is 0 Å². The van der Waals surface area contributed by atoms with Crippen molar-refractivity contribution in [3.8, 4) is 0 Å². The number of rotatable bonds is 2. The van der Waals surface area contributed by atoms with E-state index in [1.807, 2.05) is 0 Å². The Morgan fingerprint density at radius 1 is 0.917 bits per heavy atom. The third-order valence-corrected chi connectivity index (χ3v) is 0.271. The Balaban J connectivity index is -0.0000000457. The molecule has 0 unspecified atom stereocenters. The Morgan fingerprint density at radius 2 is 1.00 bits per heavy atom. The van der Waals surface area contributed by atoms with Gasteiger partial charge < -0.3 is 20.4 Å². The fourth-order valence-corrected chi connectivity index (χ4v) is 0. The van der Waals surface area contributed by atoms with E-state index in [4.69, 9.17) is 30.0 Å². The number of aliphatic hydroxyl groups is 2. The number of aliphatic hydroxyl groups excluding tert-OH is 2. The Hall–Kier alpha value is 0.410. The summed E-state index contributed by atoms with van der Waals surface area (Å²) in [6.45, 7) is -1.56. The van der Waals surface area contributed by atoms with Gasteiger partial charge in [-0.15, -0.1) is 12.4 Å². The summed E-state index contributed by atoms with van der Waals surface area (Å²) >= 11 is 0. The van der Waals surface area contributed by atoms with E-state index in [2.05, 4.69) is 0 Å². The molecule has 0 aliphatic carbocycles. The second kappa shape index (κ2) is 17.5. The van der Waals surface area contributed by atoms with E-state index in [0.717, 1.165) is 0 Å². The minimum atomic E-state index is -1.19. The molecular weight excluding hydrogens is 220 g/mol. The maximum absolute atomic E-state index is 9.12. The van der Waals surface area contributed by atoms with Gasteiger partial charge in [0.2, 0.25) is 0 Å². The number of hydrogen-bond acceptors (Lipinski definition) is 4. The molecule has 8 heteroatoms. The van der Waals surface area contributed by atoms with Crippen LogP contribution in [0.15, 0.2) is 0 Å². The van der Waals surface area contributed by atoms with Crippen LogP contribution in [0.25, 0.3) is 0 Å². The van der Waals surface area contributed by atoms with Gasteiger partial charge in [0, 0.05) is 0 Å². The predicted molar refractivity (Wildman–Crippen MR) is 45.2 cm³/mol. The average Bonchev–Trinajstić information content (AvgIpc) is 1.89. The first-order valence-electron chi connectivity index (χ1n) is 2.20. The van der Waals surface area contributed by atoms with Crippen LogP contribution in [0.3, 0.4) is 0 Å². The normalized spacial score (nSPS) is 6.17. The van der Waals surface area contributed by atoms with Gasteiger partial charge in [-0.3, -0.25) is 0 Å². The summed E-state index contributed by atoms with van der Waals surface area (Å²) in [4.78, 5) is 18.2. The maximum atomic E-state index is 9.12. The van der Waals surface area contributed by atoms with Crippen molar-refractivity contribution in [3.05, 3.63) is 0 Å². The van der Waals surface area contributed by atoms with E-state index >= 15 is 0 Å². The van der Waals surface area contributed by atoms with Crippen LogP contribution in [0.2, 0.25) is 0 Å². The molecule has 0 radical (unpaired) electrons. The molecule has 0 atom stereocenters. The molecule has 0 aromatic carbocycles. The molecule has 72 valence electrons. The first kappa shape index (κ1) is 22.8. The summed E-state index contributed by atoms with van der Waals surface area (Å²) in [6, 6.07) is 0. The van der Waals surface area contributed by atoms with Gasteiger partial charge in [0.1, 0.15) is 13.2 Å². The molecule has 0 bridgehead atoms. The fraction of sp³-hybridized carbons (Fsp3) is 0.500. The van der Waals surface area contributed by atoms with Crippen molar-refractivity contribution in [1.82, 2.24) is 0 Å². The second-order valence-electron chi connectivity index (χ2n) is 1.10. The number of carbonyl (C=O) groups is 2. The van der Waals surface area contributed by atoms with E-state index in [1.54, 1.807) is 0 Å². The Morgan fingerprint density at radius 3 is 1.00 bits per heavy atom. The number of hydrogen-bond donors (Lipinski definition) is 4. The molecule has 4 N–H and O–H groups in total. The van der Waals surface area contributed by atoms with Gasteiger partial charge in [-0.2, -0.15) is 0 Å². The Kier molecular flexibility index (Phi) is 33.3. The molecule has 0 aromatic heterocycles. The van der Waals surface area contributed by atoms with E-state index in [-0.39, 0.29) is 50.1 Å². The summed E-state index contributed by atoms with van der Waals surface area (Å²) in [7, 11) is 0. The van der Waals surface area contributed by atoms with Crippen LogP contribution in [0.4, 0.5) is 0 Å². The number of carboxylic acids is 2. The van der Waals surface area contributed by atoms with Crippen LogP contribution in [-0.4, -0.2) is 83.3 Å². The van der Waals surface area contributed by atoms with Crippen molar-refractivity contribution in [2.45, 2.75) is 0 Å². The topological polar surface area (TPSA) is 115 Å². The third-order valence-electron chi connectivity index (χ3n) is 0.271. The van der Waals surface area contributed by atoms with Gasteiger partial charge in [-0.05, 0) is 0 Å². The van der Waals surface area contributed by atoms with Crippen LogP contribution in [-0.2, 0) is 9.59 Å². The van der Waals surface area contributed by atoms with Crippen LogP contribution < -0.4 is 0 Å². The van der Waals surface area contributed by atoms with E-state index in [0.29, 0.717) is 0 Å². The zero-order chi connectivity index (χ0) is 8.57. The molecule has 12 heavy (non-hydrogen) atoms. The molecule has 0 aliphatic rings. The van der Waals surface area contributed by atoms with Crippen molar-refractivity contribution in [2.75, 3.05) is 13.2 Å². The van der Waals surface area contributed by atoms with Gasteiger partial charge in [0.05, 0.1) is 0 Å². The summed E-state index contributed by atoms with van der Waals surface area (Å²) in [5, 5.41) is 30.0. The van der Waals surface area contributed by atoms with Gasteiger partial charge in [-0.1, -0.05) is 0 Å². The average molecular weight is 231 g/mol. The zero-order valence-corrected chi connectivity index (χ0v) is 6.24. The van der Waals surface area contributed by atoms with Crippen LogP contribution in [0.1, 0.15) is 0 Å². The third kappa shape index (κ3) is 47.4. The van der Waals surface area contributed by atoms with Gasteiger partial charge in [0.15, 0.2) is 0 Å². The van der Waals surface area contributed by atoms with Crippen molar-refractivity contribution in [3.63, 3.8) is 0 Å². The molecular formula is C4H11CaClO6. The number of carboxylic acid groups (broad SMARTS) is 2. The second-order valence-corrected chi connectivity index (χ2v) is 1.10. The summed E-state index contributed by atoms with van der Waals surface area (Å²) in [6.07, 6.45) is 0. The van der Waals surface area contributed by atoms with Crippen molar-refractivity contribution < 1.29 is 30.0 Å². The Labute approximate surface area is 105 Å². The zero-order valence-electron chi connectivity index (χ0n) is 5.43. The van der Waals surface area contributed by atoms with E-state index < -0.39 is 25.2 Å². The molecule has 0 spiro atoms. The molecule has 0 amide bonds. The van der Waals surface area contributed by atoms with Crippen LogP contribution in [0, 0.1) is 0 Å². The molecule has 0 aromatic rings. The molecule has 0 fully saturated rings. The molecule has 0 saturated heterocycles. The molecule has 0 saturated carbocycles. The fourth-order valence-electron chi connectivity index (χ4n) is 0. The van der Waals surface area contributed by atoms with E-state index in [1.165, 1.54) is 0 Å². The summed E-state index contributed by atoms with van der Waals surface area (Å²) < 4.78 is 0. The SMILES string of the molecule is Cl.O=C(O)CO.O=C(O)CO.[CaH2]. The molecule has 0 heterocycles. The van der Waals surface area contributed by atoms with E-state index in [9.17, 15) is 0 Å². The first-order chi connectivity index (χ1) is 4.54. The van der Waals surface area contributed by atoms with Gasteiger partial charge in [0.25, 0.3) is 0 Å². The number of halogens is 1. The van der Waals surface area contributed by atoms with Gasteiger partial charge in [-0.25, -0.2) is 9.59 Å². The molecule has 0 aliphatic heterocycles. The predicted octanol–water partition coefficient (Wildman–Crippen LogP) is -2.37. The molecule has 0 rings (SSSR count). The standard InChI is InChI=1S/2C2H4O3.Ca.ClH.2H/c2*3-1-2(4)5;;;;/h2*3H,1H2,(H,4,5);;1H;;. The summed E-state index contributed by atoms with van der Waals surface area (Å²) in [5.74, 6) is -2.38. The van der Waals surface area contributed by atoms with Crippen molar-refractivity contribution >= 4 is 62.1 Å². The van der Waals surface area contributed by atoms with Crippen molar-refractivity contribution in [2.24, 2.45) is 0 Å².